The van der Waals surface area contributed by atoms with Crippen LogP contribution in [0.4, 0.5) is 0 Å². The summed E-state index contributed by atoms with van der Waals surface area (Å²) in [5.74, 6) is 0.583. The number of nitrogens with zero attached hydrogens (tertiary/aromatic N) is 4. The lowest BCUT2D eigenvalue weighted by Gasteiger charge is -2.25. The molecule has 0 aliphatic carbocycles. The number of morpholine rings is 1. The average Bonchev–Trinajstić information content (AvgIpc) is 3.07. The molecule has 1 aliphatic heterocycles. The van der Waals surface area contributed by atoms with E-state index < -0.39 is 10.0 Å². The van der Waals surface area contributed by atoms with Crippen molar-refractivity contribution < 1.29 is 13.2 Å². The first kappa shape index (κ1) is 21.3. The molecular weight excluding hydrogens is 444 g/mol. The molecule has 4 rings (SSSR count). The Labute approximate surface area is 185 Å². The van der Waals surface area contributed by atoms with E-state index in [-0.39, 0.29) is 4.90 Å². The SMILES string of the molecule is Cc1nn(-c2ccccc2)c(Cl)c1CSc1ccc(S(=O)(=O)N2CCOCC2)cn1. The molecule has 0 N–H and O–H groups in total. The van der Waals surface area contributed by atoms with Crippen LogP contribution >= 0.6 is 23.4 Å². The van der Waals surface area contributed by atoms with Crippen LogP contribution in [0.3, 0.4) is 0 Å². The van der Waals surface area contributed by atoms with Crippen LogP contribution in [0.15, 0.2) is 58.6 Å². The minimum Gasteiger partial charge on any atom is -0.379 e. The smallest absolute Gasteiger partial charge is 0.244 e. The summed E-state index contributed by atoms with van der Waals surface area (Å²) in [6.07, 6.45) is 1.41. The molecule has 7 nitrogen and oxygen atoms in total. The summed E-state index contributed by atoms with van der Waals surface area (Å²) in [4.78, 5) is 4.53. The van der Waals surface area contributed by atoms with Gasteiger partial charge in [0.25, 0.3) is 0 Å². The second kappa shape index (κ2) is 9.07. The highest BCUT2D eigenvalue weighted by molar-refractivity contribution is 7.98. The van der Waals surface area contributed by atoms with E-state index in [1.807, 2.05) is 37.3 Å². The fourth-order valence-corrected chi connectivity index (χ4v) is 5.82. The Morgan fingerprint density at radius 2 is 1.87 bits per heavy atom. The van der Waals surface area contributed by atoms with Crippen molar-refractivity contribution in [1.82, 2.24) is 19.1 Å². The summed E-state index contributed by atoms with van der Waals surface area (Å²) in [5, 5.41) is 5.84. The van der Waals surface area contributed by atoms with E-state index in [1.54, 1.807) is 16.8 Å². The quantitative estimate of drug-likeness (QED) is 0.519. The van der Waals surface area contributed by atoms with E-state index in [0.29, 0.717) is 37.2 Å². The van der Waals surface area contributed by atoms with E-state index in [4.69, 9.17) is 16.3 Å². The number of benzene rings is 1. The molecule has 158 valence electrons. The monoisotopic (exact) mass is 464 g/mol. The summed E-state index contributed by atoms with van der Waals surface area (Å²) in [5.41, 5.74) is 2.68. The highest BCUT2D eigenvalue weighted by Crippen LogP contribution is 2.30. The third-order valence-corrected chi connectivity index (χ3v) is 8.04. The molecule has 10 heteroatoms. The Morgan fingerprint density at radius 3 is 2.53 bits per heavy atom. The molecule has 0 unspecified atom stereocenters. The highest BCUT2D eigenvalue weighted by atomic mass is 35.5. The lowest BCUT2D eigenvalue weighted by Crippen LogP contribution is -2.40. The molecule has 0 saturated carbocycles. The summed E-state index contributed by atoms with van der Waals surface area (Å²) in [7, 11) is -3.54. The maximum Gasteiger partial charge on any atom is 0.244 e. The Kier molecular flexibility index (Phi) is 6.45. The van der Waals surface area contributed by atoms with Crippen molar-refractivity contribution in [2.24, 2.45) is 0 Å². The van der Waals surface area contributed by atoms with Crippen LogP contribution in [0.25, 0.3) is 5.69 Å². The van der Waals surface area contributed by atoms with Crippen molar-refractivity contribution in [3.63, 3.8) is 0 Å². The maximum absolute atomic E-state index is 12.7. The fourth-order valence-electron chi connectivity index (χ4n) is 3.12. The van der Waals surface area contributed by atoms with Gasteiger partial charge in [-0.25, -0.2) is 18.1 Å². The number of halogens is 1. The van der Waals surface area contributed by atoms with Crippen LogP contribution in [0.2, 0.25) is 5.15 Å². The molecule has 0 bridgehead atoms. The van der Waals surface area contributed by atoms with Crippen LogP contribution in [0, 0.1) is 6.92 Å². The van der Waals surface area contributed by atoms with Crippen molar-refractivity contribution in [3.8, 4) is 5.69 Å². The van der Waals surface area contributed by atoms with Crippen molar-refractivity contribution >= 4 is 33.4 Å². The van der Waals surface area contributed by atoms with E-state index in [0.717, 1.165) is 22.0 Å². The zero-order chi connectivity index (χ0) is 21.1. The summed E-state index contributed by atoms with van der Waals surface area (Å²) < 4.78 is 33.8. The molecule has 1 aliphatic rings. The van der Waals surface area contributed by atoms with Gasteiger partial charge in [0.1, 0.15) is 10.0 Å². The third-order valence-electron chi connectivity index (χ3n) is 4.80. The number of aromatic nitrogens is 3. The van der Waals surface area contributed by atoms with Gasteiger partial charge in [-0.1, -0.05) is 29.8 Å². The van der Waals surface area contributed by atoms with Gasteiger partial charge in [-0.05, 0) is 31.2 Å². The lowest BCUT2D eigenvalue weighted by molar-refractivity contribution is 0.0730. The lowest BCUT2D eigenvalue weighted by atomic mass is 10.3. The number of aryl methyl sites for hydroxylation is 1. The Hall–Kier alpha value is -1.91. The molecule has 0 radical (unpaired) electrons. The molecule has 3 heterocycles. The topological polar surface area (TPSA) is 77.3 Å². The number of pyridine rings is 1. The number of thioether (sulfide) groups is 1. The molecule has 3 aromatic rings. The van der Waals surface area contributed by atoms with E-state index >= 15 is 0 Å². The van der Waals surface area contributed by atoms with Gasteiger partial charge < -0.3 is 4.74 Å². The van der Waals surface area contributed by atoms with Gasteiger partial charge in [0, 0.05) is 30.6 Å². The molecule has 1 saturated heterocycles. The summed E-state index contributed by atoms with van der Waals surface area (Å²) in [6.45, 7) is 3.48. The van der Waals surface area contributed by atoms with Gasteiger partial charge in [0.2, 0.25) is 10.0 Å². The van der Waals surface area contributed by atoms with Crippen LogP contribution < -0.4 is 0 Å². The second-order valence-corrected chi connectivity index (χ2v) is 10.0. The number of rotatable bonds is 6. The van der Waals surface area contributed by atoms with Gasteiger partial charge in [0.15, 0.2) is 0 Å². The number of sulfonamides is 1. The molecule has 2 aromatic heterocycles. The zero-order valence-electron chi connectivity index (χ0n) is 16.4. The van der Waals surface area contributed by atoms with Crippen LogP contribution in [-0.2, 0) is 20.5 Å². The predicted octanol–water partition coefficient (Wildman–Crippen LogP) is 3.54. The van der Waals surface area contributed by atoms with E-state index in [2.05, 4.69) is 10.1 Å². The van der Waals surface area contributed by atoms with Crippen molar-refractivity contribution in [2.75, 3.05) is 26.3 Å². The van der Waals surface area contributed by atoms with Gasteiger partial charge in [-0.3, -0.25) is 0 Å². The number of para-hydroxylation sites is 1. The van der Waals surface area contributed by atoms with E-state index in [1.165, 1.54) is 22.3 Å². The van der Waals surface area contributed by atoms with Gasteiger partial charge in [0.05, 0.1) is 29.6 Å². The molecular formula is C20H21ClN4O3S2. The standard InChI is InChI=1S/C20H21ClN4O3S2/c1-15-18(20(21)25(23-15)16-5-3-2-4-6-16)14-29-19-8-7-17(13-22-19)30(26,27)24-9-11-28-12-10-24/h2-8,13H,9-12,14H2,1H3. The number of ether oxygens (including phenoxy) is 1. The third kappa shape index (κ3) is 4.40. The van der Waals surface area contributed by atoms with Gasteiger partial charge >= 0.3 is 0 Å². The summed E-state index contributed by atoms with van der Waals surface area (Å²) in [6, 6.07) is 13.0. The Morgan fingerprint density at radius 1 is 1.13 bits per heavy atom. The van der Waals surface area contributed by atoms with E-state index in [9.17, 15) is 8.42 Å². The first-order chi connectivity index (χ1) is 14.5. The average molecular weight is 465 g/mol. The molecule has 1 aromatic carbocycles. The largest absolute Gasteiger partial charge is 0.379 e. The fraction of sp³-hybridized carbons (Fsp3) is 0.300. The first-order valence-electron chi connectivity index (χ1n) is 9.43. The van der Waals surface area contributed by atoms with Crippen molar-refractivity contribution in [2.45, 2.75) is 22.6 Å². The molecule has 0 spiro atoms. The number of hydrogen-bond donors (Lipinski definition) is 0. The van der Waals surface area contributed by atoms with Crippen molar-refractivity contribution in [3.05, 3.63) is 65.1 Å². The predicted molar refractivity (Wildman–Crippen MR) is 117 cm³/mol. The molecule has 30 heavy (non-hydrogen) atoms. The second-order valence-electron chi connectivity index (χ2n) is 6.74. The highest BCUT2D eigenvalue weighted by Gasteiger charge is 2.26. The first-order valence-corrected chi connectivity index (χ1v) is 12.2. The van der Waals surface area contributed by atoms with Gasteiger partial charge in [-0.15, -0.1) is 11.8 Å². The normalized spacial score (nSPS) is 15.4. The Bertz CT molecular complexity index is 1110. The van der Waals surface area contributed by atoms with Gasteiger partial charge in [-0.2, -0.15) is 9.40 Å². The van der Waals surface area contributed by atoms with Crippen LogP contribution in [0.1, 0.15) is 11.3 Å². The molecule has 0 atom stereocenters. The molecule has 1 fully saturated rings. The van der Waals surface area contributed by atoms with Crippen LogP contribution in [0.5, 0.6) is 0 Å². The van der Waals surface area contributed by atoms with Crippen molar-refractivity contribution in [1.29, 1.82) is 0 Å². The zero-order valence-corrected chi connectivity index (χ0v) is 18.8. The molecule has 0 amide bonds. The van der Waals surface area contributed by atoms with Crippen LogP contribution in [-0.4, -0.2) is 53.8 Å². The number of hydrogen-bond acceptors (Lipinski definition) is 6. The maximum atomic E-state index is 12.7. The Balaban J connectivity index is 1.47. The minimum absolute atomic E-state index is 0.194. The minimum atomic E-state index is -3.54. The summed E-state index contributed by atoms with van der Waals surface area (Å²) >= 11 is 8.06.